The predicted molar refractivity (Wildman–Crippen MR) is 73.4 cm³/mol. The molecular weight excluding hydrogens is 296 g/mol. The van der Waals surface area contributed by atoms with Crippen molar-refractivity contribution in [3.05, 3.63) is 34.3 Å². The number of esters is 1. The maximum Gasteiger partial charge on any atom is 0.306 e. The van der Waals surface area contributed by atoms with Gasteiger partial charge < -0.3 is 9.53 Å². The van der Waals surface area contributed by atoms with Gasteiger partial charge in [-0.05, 0) is 38.0 Å². The van der Waals surface area contributed by atoms with E-state index in [0.29, 0.717) is 6.42 Å². The Balaban J connectivity index is 2.55. The third-order valence-corrected chi connectivity index (χ3v) is 3.02. The van der Waals surface area contributed by atoms with E-state index < -0.39 is 0 Å². The van der Waals surface area contributed by atoms with Gasteiger partial charge in [-0.15, -0.1) is 0 Å². The van der Waals surface area contributed by atoms with E-state index >= 15 is 0 Å². The average molecular weight is 313 g/mol. The maximum absolute atomic E-state index is 11.4. The molecule has 0 N–H and O–H groups in total. The minimum atomic E-state index is -0.256. The number of rotatable bonds is 6. The molecule has 1 atom stereocenters. The van der Waals surface area contributed by atoms with Gasteiger partial charge >= 0.3 is 5.97 Å². The van der Waals surface area contributed by atoms with Gasteiger partial charge in [-0.3, -0.25) is 4.79 Å². The van der Waals surface area contributed by atoms with Crippen LogP contribution in [0, 0.1) is 0 Å². The van der Waals surface area contributed by atoms with Crippen LogP contribution in [0.3, 0.4) is 0 Å². The summed E-state index contributed by atoms with van der Waals surface area (Å²) in [5.41, 5.74) is 0.922. The van der Waals surface area contributed by atoms with Crippen molar-refractivity contribution in [1.29, 1.82) is 0 Å². The van der Waals surface area contributed by atoms with Crippen LogP contribution in [0.15, 0.2) is 28.7 Å². The number of ether oxygens (including phenoxy) is 1. The van der Waals surface area contributed by atoms with Crippen LogP contribution < -0.4 is 0 Å². The Bertz CT molecular complexity index is 398. The Morgan fingerprint density at radius 2 is 1.94 bits per heavy atom. The van der Waals surface area contributed by atoms with Crippen LogP contribution in [0.1, 0.15) is 38.2 Å². The Hall–Kier alpha value is -1.16. The molecule has 0 spiro atoms. The highest BCUT2D eigenvalue weighted by Crippen LogP contribution is 2.21. The molecule has 0 amide bonds. The quantitative estimate of drug-likeness (QED) is 0.597. The van der Waals surface area contributed by atoms with E-state index in [0.717, 1.165) is 16.3 Å². The molecule has 1 rings (SSSR count). The highest BCUT2D eigenvalue weighted by Gasteiger charge is 2.14. The topological polar surface area (TPSA) is 43.4 Å². The largest absolute Gasteiger partial charge is 0.463 e. The van der Waals surface area contributed by atoms with Crippen LogP contribution in [-0.4, -0.2) is 18.4 Å². The second-order valence-electron chi connectivity index (χ2n) is 4.37. The fraction of sp³-hybridized carbons (Fsp3) is 0.429. The zero-order valence-corrected chi connectivity index (χ0v) is 12.1. The molecular formula is C14H17BrO3. The van der Waals surface area contributed by atoms with Gasteiger partial charge in [0.2, 0.25) is 0 Å². The number of hydrogen-bond acceptors (Lipinski definition) is 3. The number of aldehydes is 1. The maximum atomic E-state index is 11.4. The molecule has 0 saturated carbocycles. The summed E-state index contributed by atoms with van der Waals surface area (Å²) in [7, 11) is 0. The van der Waals surface area contributed by atoms with Crippen LogP contribution in [0.4, 0.5) is 0 Å². The number of carbonyl (C=O) groups excluding carboxylic acids is 2. The van der Waals surface area contributed by atoms with Crippen molar-refractivity contribution in [1.82, 2.24) is 0 Å². The molecule has 3 nitrogen and oxygen atoms in total. The number of hydrogen-bond donors (Lipinski definition) is 0. The summed E-state index contributed by atoms with van der Waals surface area (Å²) in [5.74, 6) is -0.508. The van der Waals surface area contributed by atoms with Crippen molar-refractivity contribution in [2.75, 3.05) is 0 Å². The molecule has 4 heteroatoms. The standard InChI is InChI=1S/C14H17BrO3/c1-10(2)18-14(17)8-5-12(9-16)11-3-6-13(15)7-4-11/h3-4,6-7,9-10,12H,5,8H2,1-2H3/t12-/m0/s1. The van der Waals surface area contributed by atoms with Crippen molar-refractivity contribution in [2.24, 2.45) is 0 Å². The lowest BCUT2D eigenvalue weighted by molar-refractivity contribution is -0.147. The monoisotopic (exact) mass is 312 g/mol. The summed E-state index contributed by atoms with van der Waals surface area (Å²) in [4.78, 5) is 22.5. The smallest absolute Gasteiger partial charge is 0.306 e. The van der Waals surface area contributed by atoms with E-state index in [4.69, 9.17) is 4.74 Å². The van der Waals surface area contributed by atoms with E-state index in [1.807, 2.05) is 38.1 Å². The van der Waals surface area contributed by atoms with Crippen molar-refractivity contribution in [3.8, 4) is 0 Å². The van der Waals surface area contributed by atoms with E-state index in [1.165, 1.54) is 0 Å². The molecule has 0 aliphatic rings. The zero-order chi connectivity index (χ0) is 13.5. The van der Waals surface area contributed by atoms with Gasteiger partial charge in [0, 0.05) is 16.8 Å². The van der Waals surface area contributed by atoms with Crippen LogP contribution in [0.2, 0.25) is 0 Å². The van der Waals surface area contributed by atoms with Gasteiger partial charge in [-0.2, -0.15) is 0 Å². The van der Waals surface area contributed by atoms with Gasteiger partial charge in [-0.1, -0.05) is 28.1 Å². The predicted octanol–water partition coefficient (Wildman–Crippen LogP) is 3.46. The van der Waals surface area contributed by atoms with Gasteiger partial charge in [-0.25, -0.2) is 0 Å². The zero-order valence-electron chi connectivity index (χ0n) is 10.6. The normalized spacial score (nSPS) is 12.2. The van der Waals surface area contributed by atoms with E-state index in [-0.39, 0.29) is 24.4 Å². The third kappa shape index (κ3) is 5.00. The minimum absolute atomic E-state index is 0.111. The summed E-state index contributed by atoms with van der Waals surface area (Å²) in [6.07, 6.45) is 1.51. The molecule has 0 heterocycles. The van der Waals surface area contributed by atoms with Crippen LogP contribution >= 0.6 is 15.9 Å². The number of benzene rings is 1. The lowest BCUT2D eigenvalue weighted by Gasteiger charge is -2.12. The second kappa shape index (κ2) is 7.31. The Morgan fingerprint density at radius 1 is 1.33 bits per heavy atom. The fourth-order valence-electron chi connectivity index (χ4n) is 1.62. The van der Waals surface area contributed by atoms with Crippen LogP contribution in [0.25, 0.3) is 0 Å². The molecule has 0 aromatic heterocycles. The van der Waals surface area contributed by atoms with Crippen LogP contribution in [-0.2, 0) is 14.3 Å². The van der Waals surface area contributed by atoms with Crippen molar-refractivity contribution in [2.45, 2.75) is 38.7 Å². The van der Waals surface area contributed by atoms with Gasteiger partial charge in [0.25, 0.3) is 0 Å². The Morgan fingerprint density at radius 3 is 2.44 bits per heavy atom. The lowest BCUT2D eigenvalue weighted by atomic mass is 9.96. The summed E-state index contributed by atoms with van der Waals surface area (Å²) in [5, 5.41) is 0. The fourth-order valence-corrected chi connectivity index (χ4v) is 1.88. The van der Waals surface area contributed by atoms with E-state index in [2.05, 4.69) is 15.9 Å². The highest BCUT2D eigenvalue weighted by atomic mass is 79.9. The van der Waals surface area contributed by atoms with Crippen molar-refractivity contribution < 1.29 is 14.3 Å². The molecule has 0 fully saturated rings. The molecule has 0 saturated heterocycles. The first-order valence-electron chi connectivity index (χ1n) is 5.93. The molecule has 1 aromatic rings. The summed E-state index contributed by atoms with van der Waals surface area (Å²) >= 11 is 3.34. The minimum Gasteiger partial charge on any atom is -0.463 e. The number of carbonyl (C=O) groups is 2. The SMILES string of the molecule is CC(C)OC(=O)CC[C@@H](C=O)c1ccc(Br)cc1. The van der Waals surface area contributed by atoms with Gasteiger partial charge in [0.05, 0.1) is 6.10 Å². The summed E-state index contributed by atoms with van der Waals surface area (Å²) < 4.78 is 6.01. The summed E-state index contributed by atoms with van der Waals surface area (Å²) in [6.45, 7) is 3.62. The molecule has 0 aliphatic carbocycles. The number of halogens is 1. The average Bonchev–Trinajstić information content (AvgIpc) is 2.31. The van der Waals surface area contributed by atoms with E-state index in [9.17, 15) is 9.59 Å². The first-order chi connectivity index (χ1) is 8.52. The van der Waals surface area contributed by atoms with Gasteiger partial charge in [0.15, 0.2) is 0 Å². The molecule has 0 unspecified atom stereocenters. The third-order valence-electron chi connectivity index (χ3n) is 2.49. The first kappa shape index (κ1) is 14.9. The molecule has 18 heavy (non-hydrogen) atoms. The molecule has 0 radical (unpaired) electrons. The van der Waals surface area contributed by atoms with Crippen LogP contribution in [0.5, 0.6) is 0 Å². The van der Waals surface area contributed by atoms with Gasteiger partial charge in [0.1, 0.15) is 6.29 Å². The second-order valence-corrected chi connectivity index (χ2v) is 5.29. The summed E-state index contributed by atoms with van der Waals surface area (Å²) in [6, 6.07) is 7.55. The molecule has 98 valence electrons. The highest BCUT2D eigenvalue weighted by molar-refractivity contribution is 9.10. The van der Waals surface area contributed by atoms with Crippen molar-refractivity contribution >= 4 is 28.2 Å². The molecule has 0 aliphatic heterocycles. The van der Waals surface area contributed by atoms with E-state index in [1.54, 1.807) is 0 Å². The Kier molecular flexibility index (Phi) is 6.05. The Labute approximate surface area is 116 Å². The van der Waals surface area contributed by atoms with Crippen molar-refractivity contribution in [3.63, 3.8) is 0 Å². The first-order valence-corrected chi connectivity index (χ1v) is 6.72. The molecule has 0 bridgehead atoms. The molecule has 1 aromatic carbocycles. The lowest BCUT2D eigenvalue weighted by Crippen LogP contribution is -2.13.